The van der Waals surface area contributed by atoms with Crippen LogP contribution in [0.2, 0.25) is 0 Å². The lowest BCUT2D eigenvalue weighted by molar-refractivity contribution is -0.144. The van der Waals surface area contributed by atoms with Gasteiger partial charge in [-0.15, -0.1) is 11.3 Å². The normalized spacial score (nSPS) is 36.8. The molecule has 0 radical (unpaired) electrons. The van der Waals surface area contributed by atoms with E-state index in [1.54, 1.807) is 13.8 Å². The maximum absolute atomic E-state index is 15.3. The van der Waals surface area contributed by atoms with Crippen LogP contribution in [-0.2, 0) is 14.3 Å². The summed E-state index contributed by atoms with van der Waals surface area (Å²) in [5.41, 5.74) is 0.354. The van der Waals surface area contributed by atoms with Gasteiger partial charge in [-0.05, 0) is 50.7 Å². The zero-order chi connectivity index (χ0) is 26.8. The number of hydrogen-bond donors (Lipinski definition) is 3. The highest BCUT2D eigenvalue weighted by Crippen LogP contribution is 2.46. The van der Waals surface area contributed by atoms with E-state index >= 15 is 4.39 Å². The van der Waals surface area contributed by atoms with Gasteiger partial charge in [0.05, 0.1) is 40.8 Å². The van der Waals surface area contributed by atoms with Gasteiger partial charge in [0.15, 0.2) is 0 Å². The molecule has 9 heteroatoms. The number of alkyl halides is 1. The number of nitrogens with zero attached hydrogens (tertiary/aromatic N) is 1. The fourth-order valence-electron chi connectivity index (χ4n) is 5.14. The van der Waals surface area contributed by atoms with Gasteiger partial charge in [-0.1, -0.05) is 27.7 Å². The lowest BCUT2D eigenvalue weighted by atomic mass is 9.71. The maximum Gasteiger partial charge on any atom is 0.236 e. The molecule has 7 atom stereocenters. The van der Waals surface area contributed by atoms with E-state index in [-0.39, 0.29) is 31.0 Å². The van der Waals surface area contributed by atoms with Crippen molar-refractivity contribution in [2.45, 2.75) is 110 Å². The molecule has 1 aromatic rings. The molecule has 0 spiro atoms. The third-order valence-corrected chi connectivity index (χ3v) is 8.70. The summed E-state index contributed by atoms with van der Waals surface area (Å²) in [4.78, 5) is 30.9. The second kappa shape index (κ2) is 11.4. The number of thiazole rings is 1. The predicted molar refractivity (Wildman–Crippen MR) is 138 cm³/mol. The number of hydrogen-bond acceptors (Lipinski definition) is 7. The van der Waals surface area contributed by atoms with Crippen LogP contribution in [0, 0.1) is 24.2 Å². The zero-order valence-corrected chi connectivity index (χ0v) is 23.0. The number of epoxide rings is 1. The van der Waals surface area contributed by atoms with Crippen LogP contribution in [0.25, 0.3) is 6.08 Å². The Hall–Kier alpha value is -1.68. The summed E-state index contributed by atoms with van der Waals surface area (Å²) in [6.07, 6.45) is 0.701. The molecule has 0 aliphatic carbocycles. The summed E-state index contributed by atoms with van der Waals surface area (Å²) < 4.78 is 20.7. The molecule has 2 aliphatic heterocycles. The summed E-state index contributed by atoms with van der Waals surface area (Å²) >= 11 is 1.52. The molecule has 1 aromatic heterocycles. The molecule has 0 bridgehead atoms. The van der Waals surface area contributed by atoms with E-state index in [1.807, 2.05) is 39.2 Å². The number of aliphatic hydroxyl groups is 2. The summed E-state index contributed by atoms with van der Waals surface area (Å²) in [5.74, 6) is -3.36. The highest BCUT2D eigenvalue weighted by Gasteiger charge is 2.57. The molecule has 36 heavy (non-hydrogen) atoms. The quantitative estimate of drug-likeness (QED) is 0.507. The van der Waals surface area contributed by atoms with Gasteiger partial charge in [0, 0.05) is 24.1 Å². The third kappa shape index (κ3) is 6.60. The molecule has 3 rings (SSSR count). The minimum atomic E-state index is -1.76. The standard InChI is InChI=1S/C27H41FN2O5S/c1-7-19-24(33)15(2)9-8-10-27(28)22(35-27)12-20(16(3)11-18-14-36-17(4)29-18)30-23(32)13-21(31)26(5,6)25(19)34/h11,14-15,19-22,24,31,33H,7-10,12-13H2,1-6H3,(H,30,32)/t15-,19+,20-,21-,22-,24-,27+/m0/s1. The average Bonchev–Trinajstić information content (AvgIpc) is 3.24. The number of ketones is 1. The molecule has 202 valence electrons. The first kappa shape index (κ1) is 28.9. The highest BCUT2D eigenvalue weighted by atomic mass is 32.1. The minimum Gasteiger partial charge on any atom is -0.392 e. The first-order chi connectivity index (χ1) is 16.8. The number of aliphatic hydroxyl groups excluding tert-OH is 2. The molecule has 0 unspecified atom stereocenters. The van der Waals surface area contributed by atoms with Gasteiger partial charge < -0.3 is 20.3 Å². The summed E-state index contributed by atoms with van der Waals surface area (Å²) in [6.45, 7) is 10.7. The molecular weight excluding hydrogens is 483 g/mol. The number of aromatic nitrogens is 1. The minimum absolute atomic E-state index is 0.193. The zero-order valence-electron chi connectivity index (χ0n) is 22.2. The second-order valence-corrected chi connectivity index (χ2v) is 12.2. The molecule has 3 heterocycles. The van der Waals surface area contributed by atoms with Gasteiger partial charge in [0.2, 0.25) is 11.8 Å². The molecule has 2 saturated heterocycles. The van der Waals surface area contributed by atoms with Crippen LogP contribution >= 0.6 is 11.3 Å². The van der Waals surface area contributed by atoms with Crippen LogP contribution in [0.3, 0.4) is 0 Å². The van der Waals surface area contributed by atoms with Gasteiger partial charge in [0.1, 0.15) is 11.9 Å². The summed E-state index contributed by atoms with van der Waals surface area (Å²) in [6, 6.07) is -0.509. The lowest BCUT2D eigenvalue weighted by Crippen LogP contribution is -2.48. The van der Waals surface area contributed by atoms with Crippen LogP contribution in [0.5, 0.6) is 0 Å². The highest BCUT2D eigenvalue weighted by molar-refractivity contribution is 7.09. The van der Waals surface area contributed by atoms with Crippen molar-refractivity contribution in [3.63, 3.8) is 0 Å². The molecule has 3 N–H and O–H groups in total. The Bertz CT molecular complexity index is 979. The Labute approximate surface area is 217 Å². The number of carbonyl (C=O) groups is 2. The van der Waals surface area contributed by atoms with Crippen LogP contribution in [0.15, 0.2) is 11.0 Å². The topological polar surface area (TPSA) is 112 Å². The number of fused-ring (bicyclic) bond motifs is 1. The van der Waals surface area contributed by atoms with Crippen LogP contribution in [0.4, 0.5) is 4.39 Å². The summed E-state index contributed by atoms with van der Waals surface area (Å²) in [7, 11) is 0. The summed E-state index contributed by atoms with van der Waals surface area (Å²) in [5, 5.41) is 27.6. The van der Waals surface area contributed by atoms with E-state index in [2.05, 4.69) is 10.3 Å². The lowest BCUT2D eigenvalue weighted by Gasteiger charge is -2.35. The molecule has 7 nitrogen and oxygen atoms in total. The van der Waals surface area contributed by atoms with Crippen molar-refractivity contribution >= 4 is 29.1 Å². The van der Waals surface area contributed by atoms with Crippen molar-refractivity contribution in [1.82, 2.24) is 10.3 Å². The fraction of sp³-hybridized carbons (Fsp3) is 0.741. The Morgan fingerprint density at radius 2 is 2.06 bits per heavy atom. The first-order valence-electron chi connectivity index (χ1n) is 12.9. The SMILES string of the molecule is CC[C@H]1C(=O)C(C)(C)[C@@H](O)CC(=O)N[C@H](C(C)=Cc2csc(C)n2)C[C@@H]2O[C@]2(F)CCC[C@H](C)[C@@H]1O. The van der Waals surface area contributed by atoms with Gasteiger partial charge in [0.25, 0.3) is 0 Å². The number of halogens is 1. The van der Waals surface area contributed by atoms with Crippen molar-refractivity contribution in [3.05, 3.63) is 21.7 Å². The van der Waals surface area contributed by atoms with Crippen LogP contribution in [-0.4, -0.2) is 57.1 Å². The van der Waals surface area contributed by atoms with Gasteiger partial charge in [-0.3, -0.25) is 9.59 Å². The second-order valence-electron chi connectivity index (χ2n) is 11.1. The van der Waals surface area contributed by atoms with Gasteiger partial charge >= 0.3 is 0 Å². The van der Waals surface area contributed by atoms with Crippen LogP contribution in [0.1, 0.15) is 83.8 Å². The van der Waals surface area contributed by atoms with E-state index < -0.39 is 47.4 Å². The van der Waals surface area contributed by atoms with Gasteiger partial charge in [-0.2, -0.15) is 0 Å². The molecule has 2 fully saturated rings. The smallest absolute Gasteiger partial charge is 0.236 e. The number of rotatable bonds is 3. The van der Waals surface area contributed by atoms with E-state index in [9.17, 15) is 19.8 Å². The number of ether oxygens (including phenoxy) is 1. The number of nitrogens with one attached hydrogen (secondary N) is 1. The molecule has 1 amide bonds. The third-order valence-electron chi connectivity index (χ3n) is 7.90. The van der Waals surface area contributed by atoms with E-state index in [4.69, 9.17) is 4.74 Å². The Morgan fingerprint density at radius 3 is 2.67 bits per heavy atom. The van der Waals surface area contributed by atoms with Crippen molar-refractivity contribution in [3.8, 4) is 0 Å². The van der Waals surface area contributed by atoms with E-state index in [0.717, 1.165) is 16.3 Å². The largest absolute Gasteiger partial charge is 0.392 e. The molecular formula is C27H41FN2O5S. The molecule has 0 aromatic carbocycles. The predicted octanol–water partition coefficient (Wildman–Crippen LogP) is 4.35. The van der Waals surface area contributed by atoms with E-state index in [0.29, 0.717) is 19.3 Å². The average molecular weight is 525 g/mol. The number of carbonyl (C=O) groups excluding carboxylic acids is 2. The van der Waals surface area contributed by atoms with Crippen LogP contribution < -0.4 is 5.32 Å². The number of aryl methyl sites for hydroxylation is 1. The first-order valence-corrected chi connectivity index (χ1v) is 13.8. The number of amides is 1. The Morgan fingerprint density at radius 1 is 1.36 bits per heavy atom. The Balaban J connectivity index is 1.87. The van der Waals surface area contributed by atoms with Gasteiger partial charge in [-0.25, -0.2) is 9.37 Å². The Kier molecular flexibility index (Phi) is 9.13. The fourth-order valence-corrected chi connectivity index (χ4v) is 5.71. The molecule has 2 aliphatic rings. The van der Waals surface area contributed by atoms with Crippen molar-refractivity contribution in [2.75, 3.05) is 0 Å². The van der Waals surface area contributed by atoms with Crippen molar-refractivity contribution in [2.24, 2.45) is 17.3 Å². The number of Topliss-reactive ketones (excluding diaryl/α,β-unsaturated/α-hetero) is 1. The maximum atomic E-state index is 15.3. The van der Waals surface area contributed by atoms with Crippen molar-refractivity contribution in [1.29, 1.82) is 0 Å². The van der Waals surface area contributed by atoms with Crippen molar-refractivity contribution < 1.29 is 28.9 Å². The molecule has 0 saturated carbocycles. The monoisotopic (exact) mass is 524 g/mol. The van der Waals surface area contributed by atoms with E-state index in [1.165, 1.54) is 11.3 Å².